The SMILES string of the molecule is O=C(NCc1ccc(CN2CCCCC2)cc1)c1ccc([C@@H]2SCC(=O)N2Cc2ccccc2)cc1. The summed E-state index contributed by atoms with van der Waals surface area (Å²) in [6.07, 6.45) is 3.95. The lowest BCUT2D eigenvalue weighted by Gasteiger charge is -2.26. The van der Waals surface area contributed by atoms with Gasteiger partial charge in [-0.1, -0.05) is 73.2 Å². The zero-order valence-electron chi connectivity index (χ0n) is 20.6. The third kappa shape index (κ3) is 6.18. The molecule has 0 unspecified atom stereocenters. The van der Waals surface area contributed by atoms with Crippen LogP contribution in [0.15, 0.2) is 78.9 Å². The van der Waals surface area contributed by atoms with Gasteiger partial charge in [-0.05, 0) is 60.3 Å². The van der Waals surface area contributed by atoms with Crippen molar-refractivity contribution in [2.45, 2.75) is 44.3 Å². The van der Waals surface area contributed by atoms with Gasteiger partial charge in [-0.15, -0.1) is 11.8 Å². The lowest BCUT2D eigenvalue weighted by Crippen LogP contribution is -2.29. The Hall–Kier alpha value is -3.09. The quantitative estimate of drug-likeness (QED) is 0.452. The number of piperidine rings is 1. The van der Waals surface area contributed by atoms with Crippen LogP contribution in [0.2, 0.25) is 0 Å². The van der Waals surface area contributed by atoms with Gasteiger partial charge in [-0.3, -0.25) is 14.5 Å². The first-order chi connectivity index (χ1) is 17.7. The highest BCUT2D eigenvalue weighted by molar-refractivity contribution is 8.00. The second-order valence-electron chi connectivity index (χ2n) is 9.63. The molecule has 0 bridgehead atoms. The van der Waals surface area contributed by atoms with Crippen molar-refractivity contribution in [1.29, 1.82) is 0 Å². The van der Waals surface area contributed by atoms with E-state index in [4.69, 9.17) is 0 Å². The number of hydrogen-bond donors (Lipinski definition) is 1. The van der Waals surface area contributed by atoms with E-state index in [-0.39, 0.29) is 17.2 Å². The number of carbonyl (C=O) groups is 2. The molecular formula is C30H33N3O2S. The fraction of sp³-hybridized carbons (Fsp3) is 0.333. The van der Waals surface area contributed by atoms with E-state index in [2.05, 4.69) is 34.5 Å². The van der Waals surface area contributed by atoms with Crippen molar-refractivity contribution in [2.75, 3.05) is 18.8 Å². The van der Waals surface area contributed by atoms with Crippen LogP contribution < -0.4 is 5.32 Å². The Labute approximate surface area is 217 Å². The third-order valence-electron chi connectivity index (χ3n) is 6.95. The molecule has 0 aliphatic carbocycles. The summed E-state index contributed by atoms with van der Waals surface area (Å²) in [5, 5.41) is 3.01. The zero-order chi connectivity index (χ0) is 24.7. The van der Waals surface area contributed by atoms with Gasteiger partial charge in [0.2, 0.25) is 5.91 Å². The molecule has 5 rings (SSSR count). The van der Waals surface area contributed by atoms with Gasteiger partial charge in [-0.2, -0.15) is 0 Å². The van der Waals surface area contributed by atoms with E-state index in [0.717, 1.165) is 23.2 Å². The number of benzene rings is 3. The van der Waals surface area contributed by atoms with E-state index in [1.54, 1.807) is 11.8 Å². The van der Waals surface area contributed by atoms with Crippen LogP contribution in [0.1, 0.15) is 57.2 Å². The minimum Gasteiger partial charge on any atom is -0.348 e. The zero-order valence-corrected chi connectivity index (χ0v) is 21.4. The number of amides is 2. The maximum atomic E-state index is 12.8. The number of likely N-dealkylation sites (tertiary alicyclic amines) is 1. The average Bonchev–Trinajstić information content (AvgIpc) is 3.29. The number of nitrogens with zero attached hydrogens (tertiary/aromatic N) is 2. The molecule has 2 aliphatic heterocycles. The summed E-state index contributed by atoms with van der Waals surface area (Å²) in [6.45, 7) is 4.49. The van der Waals surface area contributed by atoms with Crippen LogP contribution in [0.4, 0.5) is 0 Å². The molecule has 186 valence electrons. The molecule has 0 aromatic heterocycles. The fourth-order valence-electron chi connectivity index (χ4n) is 4.90. The van der Waals surface area contributed by atoms with Crippen molar-refractivity contribution >= 4 is 23.6 Å². The van der Waals surface area contributed by atoms with Gasteiger partial charge in [0, 0.05) is 25.2 Å². The molecule has 6 heteroatoms. The van der Waals surface area contributed by atoms with Crippen LogP contribution in [0.25, 0.3) is 0 Å². The van der Waals surface area contributed by atoms with Gasteiger partial charge in [0.15, 0.2) is 0 Å². The molecule has 3 aromatic carbocycles. The molecule has 2 heterocycles. The van der Waals surface area contributed by atoms with E-state index in [1.165, 1.54) is 37.9 Å². The first kappa shape index (κ1) is 24.6. The molecule has 5 nitrogen and oxygen atoms in total. The van der Waals surface area contributed by atoms with Gasteiger partial charge in [0.25, 0.3) is 5.91 Å². The van der Waals surface area contributed by atoms with Crippen LogP contribution in [0.3, 0.4) is 0 Å². The summed E-state index contributed by atoms with van der Waals surface area (Å²) in [5.41, 5.74) is 5.22. The summed E-state index contributed by atoms with van der Waals surface area (Å²) in [5.74, 6) is 0.546. The molecule has 0 saturated carbocycles. The van der Waals surface area contributed by atoms with E-state index >= 15 is 0 Å². The second kappa shape index (κ2) is 11.8. The highest BCUT2D eigenvalue weighted by atomic mass is 32.2. The molecule has 0 spiro atoms. The number of hydrogen-bond acceptors (Lipinski definition) is 4. The fourth-order valence-corrected chi connectivity index (χ4v) is 6.09. The molecule has 2 saturated heterocycles. The largest absolute Gasteiger partial charge is 0.348 e. The third-order valence-corrected chi connectivity index (χ3v) is 8.21. The predicted octanol–water partition coefficient (Wildman–Crippen LogP) is 5.38. The van der Waals surface area contributed by atoms with Gasteiger partial charge in [0.05, 0.1) is 5.75 Å². The minimum absolute atomic E-state index is 0.0294. The highest BCUT2D eigenvalue weighted by Gasteiger charge is 2.32. The highest BCUT2D eigenvalue weighted by Crippen LogP contribution is 2.39. The van der Waals surface area contributed by atoms with Crippen molar-refractivity contribution in [1.82, 2.24) is 15.1 Å². The maximum Gasteiger partial charge on any atom is 0.251 e. The van der Waals surface area contributed by atoms with Gasteiger partial charge < -0.3 is 10.2 Å². The molecule has 0 radical (unpaired) electrons. The first-order valence-electron chi connectivity index (χ1n) is 12.8. The Morgan fingerprint density at radius 1 is 0.806 bits per heavy atom. The topological polar surface area (TPSA) is 52.7 Å². The first-order valence-corrected chi connectivity index (χ1v) is 13.8. The van der Waals surface area contributed by atoms with E-state index < -0.39 is 0 Å². The molecule has 1 atom stereocenters. The summed E-state index contributed by atoms with van der Waals surface area (Å²) in [7, 11) is 0. The van der Waals surface area contributed by atoms with Gasteiger partial charge in [0.1, 0.15) is 5.37 Å². The summed E-state index contributed by atoms with van der Waals surface area (Å²) >= 11 is 1.64. The lowest BCUT2D eigenvalue weighted by atomic mass is 10.1. The van der Waals surface area contributed by atoms with E-state index in [0.29, 0.717) is 24.4 Å². The van der Waals surface area contributed by atoms with Crippen LogP contribution in [-0.4, -0.2) is 40.5 Å². The van der Waals surface area contributed by atoms with Crippen LogP contribution >= 0.6 is 11.8 Å². The number of carbonyl (C=O) groups excluding carboxylic acids is 2. The van der Waals surface area contributed by atoms with Crippen molar-refractivity contribution in [3.63, 3.8) is 0 Å². The minimum atomic E-state index is -0.0877. The Kier molecular flexibility index (Phi) is 8.04. The number of nitrogens with one attached hydrogen (secondary N) is 1. The molecule has 2 aliphatic rings. The summed E-state index contributed by atoms with van der Waals surface area (Å²) in [6, 6.07) is 26.3. The van der Waals surface area contributed by atoms with Crippen LogP contribution in [0.5, 0.6) is 0 Å². The number of rotatable bonds is 8. The average molecular weight is 500 g/mol. The normalized spacial score (nSPS) is 18.4. The molecule has 3 aromatic rings. The molecule has 2 amide bonds. The van der Waals surface area contributed by atoms with Crippen LogP contribution in [0, 0.1) is 0 Å². The molecule has 2 fully saturated rings. The smallest absolute Gasteiger partial charge is 0.251 e. The van der Waals surface area contributed by atoms with Crippen molar-refractivity contribution in [3.05, 3.63) is 107 Å². The van der Waals surface area contributed by atoms with E-state index in [9.17, 15) is 9.59 Å². The summed E-state index contributed by atoms with van der Waals surface area (Å²) < 4.78 is 0. The number of thioether (sulfide) groups is 1. The Morgan fingerprint density at radius 2 is 1.47 bits per heavy atom. The Bertz CT molecular complexity index is 1160. The van der Waals surface area contributed by atoms with Crippen LogP contribution in [-0.2, 0) is 24.4 Å². The Morgan fingerprint density at radius 3 is 2.19 bits per heavy atom. The standard InChI is InChI=1S/C30H33N3O2S/c34-28-22-36-30(33(28)21-24-7-3-1-4-8-24)27-15-13-26(14-16-27)29(35)31-19-23-9-11-25(12-10-23)20-32-17-5-2-6-18-32/h1,3-4,7-16,30H,2,5-6,17-22H2,(H,31,35)/t30-/m0/s1. The van der Waals surface area contributed by atoms with E-state index in [1.807, 2.05) is 59.5 Å². The van der Waals surface area contributed by atoms with Gasteiger partial charge in [-0.25, -0.2) is 0 Å². The molecule has 1 N–H and O–H groups in total. The summed E-state index contributed by atoms with van der Waals surface area (Å²) in [4.78, 5) is 29.7. The molecular weight excluding hydrogens is 466 g/mol. The van der Waals surface area contributed by atoms with Gasteiger partial charge >= 0.3 is 0 Å². The Balaban J connectivity index is 1.15. The van der Waals surface area contributed by atoms with Crippen molar-refractivity contribution in [3.8, 4) is 0 Å². The lowest BCUT2D eigenvalue weighted by molar-refractivity contribution is -0.128. The van der Waals surface area contributed by atoms with Crippen molar-refractivity contribution in [2.24, 2.45) is 0 Å². The maximum absolute atomic E-state index is 12.8. The monoisotopic (exact) mass is 499 g/mol. The second-order valence-corrected chi connectivity index (χ2v) is 10.7. The molecule has 36 heavy (non-hydrogen) atoms. The van der Waals surface area contributed by atoms with Crippen molar-refractivity contribution < 1.29 is 9.59 Å². The predicted molar refractivity (Wildman–Crippen MR) is 145 cm³/mol.